The van der Waals surface area contributed by atoms with Crippen molar-refractivity contribution in [3.63, 3.8) is 0 Å². The van der Waals surface area contributed by atoms with Gasteiger partial charge < -0.3 is 9.64 Å². The Morgan fingerprint density at radius 1 is 1.32 bits per heavy atom. The van der Waals surface area contributed by atoms with Crippen LogP contribution >= 0.6 is 22.7 Å². The van der Waals surface area contributed by atoms with Crippen molar-refractivity contribution in [3.8, 4) is 9.88 Å². The van der Waals surface area contributed by atoms with E-state index in [4.69, 9.17) is 4.74 Å². The standard InChI is InChI=1S/C16H18N2O2S2/c19-16(11-10-22-15(17-11)14-6-3-9-21-14)18-7-8-20-13-5-2-1-4-12(13)18/h3,6,9-10,12-13H,1-2,4-5,7-8H2. The Labute approximate surface area is 137 Å². The van der Waals surface area contributed by atoms with Crippen LogP contribution in [-0.4, -0.2) is 41.1 Å². The number of rotatable bonds is 2. The molecule has 1 amide bonds. The number of thiazole rings is 1. The summed E-state index contributed by atoms with van der Waals surface area (Å²) >= 11 is 3.21. The SMILES string of the molecule is O=C(c1csc(-c2cccs2)n1)N1CCOC2CCCCC21. The van der Waals surface area contributed by atoms with Crippen molar-refractivity contribution in [2.45, 2.75) is 37.8 Å². The van der Waals surface area contributed by atoms with Gasteiger partial charge in [0.15, 0.2) is 0 Å². The molecule has 0 bridgehead atoms. The van der Waals surface area contributed by atoms with Crippen LogP contribution in [0.4, 0.5) is 0 Å². The van der Waals surface area contributed by atoms with Crippen molar-refractivity contribution in [2.24, 2.45) is 0 Å². The summed E-state index contributed by atoms with van der Waals surface area (Å²) in [5.74, 6) is 0.0688. The minimum absolute atomic E-state index is 0.0688. The molecule has 116 valence electrons. The molecule has 1 aliphatic heterocycles. The maximum absolute atomic E-state index is 12.9. The van der Waals surface area contributed by atoms with Gasteiger partial charge in [0.05, 0.1) is 23.6 Å². The van der Waals surface area contributed by atoms with E-state index < -0.39 is 0 Å². The van der Waals surface area contributed by atoms with E-state index in [1.807, 2.05) is 27.8 Å². The smallest absolute Gasteiger partial charge is 0.273 e. The van der Waals surface area contributed by atoms with Gasteiger partial charge in [0.25, 0.3) is 5.91 Å². The van der Waals surface area contributed by atoms with Crippen LogP contribution in [0.2, 0.25) is 0 Å². The maximum atomic E-state index is 12.9. The summed E-state index contributed by atoms with van der Waals surface area (Å²) < 4.78 is 5.85. The van der Waals surface area contributed by atoms with Crippen LogP contribution in [0, 0.1) is 0 Å². The average Bonchev–Trinajstić information content (AvgIpc) is 3.24. The summed E-state index contributed by atoms with van der Waals surface area (Å²) in [6, 6.07) is 4.29. The lowest BCUT2D eigenvalue weighted by Crippen LogP contribution is -2.54. The Bertz CT molecular complexity index is 651. The molecule has 6 heteroatoms. The highest BCUT2D eigenvalue weighted by molar-refractivity contribution is 7.20. The lowest BCUT2D eigenvalue weighted by molar-refractivity contribution is -0.0754. The Morgan fingerprint density at radius 2 is 2.23 bits per heavy atom. The van der Waals surface area contributed by atoms with E-state index in [-0.39, 0.29) is 18.1 Å². The highest BCUT2D eigenvalue weighted by atomic mass is 32.1. The number of hydrogen-bond acceptors (Lipinski definition) is 5. The van der Waals surface area contributed by atoms with E-state index in [0.717, 1.165) is 22.7 Å². The third-order valence-electron chi connectivity index (χ3n) is 4.45. The van der Waals surface area contributed by atoms with E-state index in [0.29, 0.717) is 18.8 Å². The van der Waals surface area contributed by atoms with Crippen LogP contribution in [-0.2, 0) is 4.74 Å². The average molecular weight is 334 g/mol. The third-order valence-corrected chi connectivity index (χ3v) is 6.33. The zero-order valence-corrected chi connectivity index (χ0v) is 13.9. The quantitative estimate of drug-likeness (QED) is 0.842. The zero-order valence-electron chi connectivity index (χ0n) is 12.2. The summed E-state index contributed by atoms with van der Waals surface area (Å²) in [7, 11) is 0. The van der Waals surface area contributed by atoms with Gasteiger partial charge in [-0.05, 0) is 24.3 Å². The van der Waals surface area contributed by atoms with E-state index in [9.17, 15) is 4.79 Å². The predicted octanol–water partition coefficient (Wildman–Crippen LogP) is 3.66. The Kier molecular flexibility index (Phi) is 3.98. The zero-order chi connectivity index (χ0) is 14.9. The topological polar surface area (TPSA) is 42.4 Å². The van der Waals surface area contributed by atoms with Gasteiger partial charge in [-0.3, -0.25) is 4.79 Å². The molecular weight excluding hydrogens is 316 g/mol. The molecule has 1 aliphatic carbocycles. The molecular formula is C16H18N2O2S2. The fourth-order valence-electron chi connectivity index (χ4n) is 3.38. The molecule has 4 rings (SSSR count). The minimum Gasteiger partial charge on any atom is -0.374 e. The fraction of sp³-hybridized carbons (Fsp3) is 0.500. The number of aromatic nitrogens is 1. The van der Waals surface area contributed by atoms with Gasteiger partial charge in [0.2, 0.25) is 0 Å². The molecule has 2 unspecified atom stereocenters. The van der Waals surface area contributed by atoms with Gasteiger partial charge in [0.1, 0.15) is 10.7 Å². The second-order valence-electron chi connectivity index (χ2n) is 5.77. The molecule has 2 aromatic heterocycles. The van der Waals surface area contributed by atoms with Crippen molar-refractivity contribution in [3.05, 3.63) is 28.6 Å². The van der Waals surface area contributed by atoms with Crippen molar-refractivity contribution < 1.29 is 9.53 Å². The van der Waals surface area contributed by atoms with Gasteiger partial charge in [-0.1, -0.05) is 18.9 Å². The van der Waals surface area contributed by atoms with Crippen LogP contribution in [0.15, 0.2) is 22.9 Å². The van der Waals surface area contributed by atoms with Crippen LogP contribution < -0.4 is 0 Å². The molecule has 2 aliphatic rings. The molecule has 0 N–H and O–H groups in total. The second-order valence-corrected chi connectivity index (χ2v) is 7.58. The first-order chi connectivity index (χ1) is 10.8. The number of carbonyl (C=O) groups is 1. The molecule has 4 nitrogen and oxygen atoms in total. The number of hydrogen-bond donors (Lipinski definition) is 0. The molecule has 0 aromatic carbocycles. The molecule has 2 fully saturated rings. The highest BCUT2D eigenvalue weighted by Gasteiger charge is 2.37. The van der Waals surface area contributed by atoms with Crippen LogP contribution in [0.5, 0.6) is 0 Å². The summed E-state index contributed by atoms with van der Waals surface area (Å²) in [5, 5.41) is 4.86. The molecule has 3 heterocycles. The summed E-state index contributed by atoms with van der Waals surface area (Å²) in [6.07, 6.45) is 4.75. The van der Waals surface area contributed by atoms with Crippen molar-refractivity contribution >= 4 is 28.6 Å². The molecule has 0 radical (unpaired) electrons. The van der Waals surface area contributed by atoms with Gasteiger partial charge in [-0.2, -0.15) is 0 Å². The lowest BCUT2D eigenvalue weighted by atomic mass is 9.90. The first kappa shape index (κ1) is 14.4. The second kappa shape index (κ2) is 6.10. The molecule has 2 aromatic rings. The Balaban J connectivity index is 1.56. The fourth-order valence-corrected chi connectivity index (χ4v) is 4.99. The van der Waals surface area contributed by atoms with E-state index in [1.54, 1.807) is 22.7 Å². The molecule has 1 saturated heterocycles. The molecule has 2 atom stereocenters. The lowest BCUT2D eigenvalue weighted by Gasteiger charge is -2.43. The normalized spacial score (nSPS) is 25.0. The number of carbonyl (C=O) groups excluding carboxylic acids is 1. The van der Waals surface area contributed by atoms with Gasteiger partial charge in [-0.25, -0.2) is 4.98 Å². The van der Waals surface area contributed by atoms with E-state index in [1.165, 1.54) is 12.8 Å². The van der Waals surface area contributed by atoms with Crippen LogP contribution in [0.1, 0.15) is 36.2 Å². The van der Waals surface area contributed by atoms with Crippen molar-refractivity contribution in [1.29, 1.82) is 0 Å². The highest BCUT2D eigenvalue weighted by Crippen LogP contribution is 2.31. The number of ether oxygens (including phenoxy) is 1. The number of morpholine rings is 1. The van der Waals surface area contributed by atoms with Crippen molar-refractivity contribution in [1.82, 2.24) is 9.88 Å². The predicted molar refractivity (Wildman–Crippen MR) is 88.5 cm³/mol. The van der Waals surface area contributed by atoms with E-state index in [2.05, 4.69) is 4.98 Å². The van der Waals surface area contributed by atoms with Crippen LogP contribution in [0.25, 0.3) is 9.88 Å². The van der Waals surface area contributed by atoms with E-state index >= 15 is 0 Å². The molecule has 0 spiro atoms. The Hall–Kier alpha value is -1.24. The number of fused-ring (bicyclic) bond motifs is 1. The summed E-state index contributed by atoms with van der Waals surface area (Å²) in [6.45, 7) is 1.33. The first-order valence-electron chi connectivity index (χ1n) is 7.75. The molecule has 22 heavy (non-hydrogen) atoms. The third kappa shape index (κ3) is 2.59. The first-order valence-corrected chi connectivity index (χ1v) is 9.51. The summed E-state index contributed by atoms with van der Waals surface area (Å²) in [5.41, 5.74) is 0.583. The largest absolute Gasteiger partial charge is 0.374 e. The number of thiophene rings is 1. The van der Waals surface area contributed by atoms with Crippen LogP contribution in [0.3, 0.4) is 0 Å². The minimum atomic E-state index is 0.0688. The van der Waals surface area contributed by atoms with Crippen molar-refractivity contribution in [2.75, 3.05) is 13.2 Å². The monoisotopic (exact) mass is 334 g/mol. The number of amides is 1. The Morgan fingerprint density at radius 3 is 3.09 bits per heavy atom. The number of nitrogens with zero attached hydrogens (tertiary/aromatic N) is 2. The van der Waals surface area contributed by atoms with Gasteiger partial charge >= 0.3 is 0 Å². The maximum Gasteiger partial charge on any atom is 0.273 e. The van der Waals surface area contributed by atoms with Gasteiger partial charge in [0, 0.05) is 11.9 Å². The summed E-state index contributed by atoms with van der Waals surface area (Å²) in [4.78, 5) is 20.5. The van der Waals surface area contributed by atoms with Gasteiger partial charge in [-0.15, -0.1) is 22.7 Å². The molecule has 1 saturated carbocycles.